The molecule has 0 aliphatic rings. The maximum Gasteiger partial charge on any atom is 0.236 e. The number of nitrogen functional groups attached to an aromatic ring is 1. The molecule has 134 valence electrons. The molecule has 0 fully saturated rings. The number of hydrogen-bond acceptors (Lipinski definition) is 6. The van der Waals surface area contributed by atoms with Gasteiger partial charge in [0.25, 0.3) is 0 Å². The summed E-state index contributed by atoms with van der Waals surface area (Å²) in [4.78, 5) is 17.6. The van der Waals surface area contributed by atoms with Crippen molar-refractivity contribution in [2.45, 2.75) is 11.8 Å². The Morgan fingerprint density at radius 2 is 2.08 bits per heavy atom. The van der Waals surface area contributed by atoms with Crippen LogP contribution in [0.1, 0.15) is 6.92 Å². The van der Waals surface area contributed by atoms with Crippen molar-refractivity contribution in [2.75, 3.05) is 23.4 Å². The van der Waals surface area contributed by atoms with E-state index in [0.29, 0.717) is 23.2 Å². The van der Waals surface area contributed by atoms with Crippen LogP contribution in [0.15, 0.2) is 58.8 Å². The zero-order valence-corrected chi connectivity index (χ0v) is 15.9. The molecule has 2 aromatic carbocycles. The number of hydrogen-bond donors (Lipinski definition) is 2. The molecule has 0 bridgehead atoms. The van der Waals surface area contributed by atoms with Crippen molar-refractivity contribution in [2.24, 2.45) is 0 Å². The number of rotatable bonds is 7. The van der Waals surface area contributed by atoms with E-state index in [4.69, 9.17) is 10.5 Å². The van der Waals surface area contributed by atoms with E-state index in [-0.39, 0.29) is 5.91 Å². The van der Waals surface area contributed by atoms with E-state index in [9.17, 15) is 4.79 Å². The number of nitrogens with one attached hydrogen (secondary N) is 1. The summed E-state index contributed by atoms with van der Waals surface area (Å²) in [6, 6.07) is 15.2. The molecule has 0 aliphatic carbocycles. The molecule has 0 aliphatic heterocycles. The number of nitrogens with zero attached hydrogens (tertiary/aromatic N) is 1. The van der Waals surface area contributed by atoms with Crippen LogP contribution in [0.4, 0.5) is 10.8 Å². The molecular weight excluding hydrogens is 366 g/mol. The van der Waals surface area contributed by atoms with Crippen LogP contribution >= 0.6 is 23.1 Å². The van der Waals surface area contributed by atoms with E-state index in [1.807, 2.05) is 60.8 Å². The fourth-order valence-corrected chi connectivity index (χ4v) is 3.76. The van der Waals surface area contributed by atoms with Crippen molar-refractivity contribution in [3.05, 3.63) is 53.9 Å². The molecule has 5 nitrogen and oxygen atoms in total. The molecule has 3 N–H and O–H groups in total. The third-order valence-electron chi connectivity index (χ3n) is 3.44. The van der Waals surface area contributed by atoms with Gasteiger partial charge in [-0.25, -0.2) is 4.98 Å². The first-order valence-electron chi connectivity index (χ1n) is 8.11. The van der Waals surface area contributed by atoms with Gasteiger partial charge in [0.2, 0.25) is 5.91 Å². The predicted molar refractivity (Wildman–Crippen MR) is 109 cm³/mol. The third kappa shape index (κ3) is 5.00. The molecule has 1 aromatic heterocycles. The fourth-order valence-electron chi connectivity index (χ4n) is 2.26. The number of thioether (sulfide) groups is 1. The minimum atomic E-state index is -0.0926. The predicted octanol–water partition coefficient (Wildman–Crippen LogP) is 4.52. The Morgan fingerprint density at radius 1 is 1.27 bits per heavy atom. The highest BCUT2D eigenvalue weighted by molar-refractivity contribution is 8.00. The molecule has 26 heavy (non-hydrogen) atoms. The minimum Gasteiger partial charge on any atom is -0.494 e. The molecule has 1 heterocycles. The van der Waals surface area contributed by atoms with E-state index in [1.165, 1.54) is 23.1 Å². The Morgan fingerprint density at radius 3 is 2.81 bits per heavy atom. The highest BCUT2D eigenvalue weighted by Crippen LogP contribution is 2.27. The molecule has 0 unspecified atom stereocenters. The lowest BCUT2D eigenvalue weighted by atomic mass is 10.2. The first-order valence-corrected chi connectivity index (χ1v) is 9.97. The van der Waals surface area contributed by atoms with Crippen LogP contribution in [0.2, 0.25) is 0 Å². The largest absolute Gasteiger partial charge is 0.494 e. The number of nitrogens with two attached hydrogens (primary N) is 1. The van der Waals surface area contributed by atoms with Gasteiger partial charge in [0.1, 0.15) is 5.75 Å². The summed E-state index contributed by atoms with van der Waals surface area (Å²) in [5.74, 6) is 1.05. The van der Waals surface area contributed by atoms with E-state index in [2.05, 4.69) is 10.3 Å². The second kappa shape index (κ2) is 8.73. The molecule has 0 saturated carbocycles. The van der Waals surface area contributed by atoms with Gasteiger partial charge in [0, 0.05) is 21.5 Å². The van der Waals surface area contributed by atoms with Crippen molar-refractivity contribution in [3.8, 4) is 17.0 Å². The van der Waals surface area contributed by atoms with Crippen molar-refractivity contribution in [1.82, 2.24) is 4.98 Å². The number of ether oxygens (including phenoxy) is 1. The number of anilines is 2. The van der Waals surface area contributed by atoms with Crippen LogP contribution < -0.4 is 15.8 Å². The standard InChI is InChI=1S/C19H19N3O2S2/c1-2-24-15-8-6-13(7-9-15)17-11-26-19(21-17)22-18(23)12-25-16-5-3-4-14(20)10-16/h3-11H,2,12,20H2,1H3,(H,21,22,23). The summed E-state index contributed by atoms with van der Waals surface area (Å²) in [6.45, 7) is 2.59. The second-order valence-electron chi connectivity index (χ2n) is 5.40. The number of amides is 1. The van der Waals surface area contributed by atoms with Gasteiger partial charge < -0.3 is 15.8 Å². The lowest BCUT2D eigenvalue weighted by Gasteiger charge is -2.04. The monoisotopic (exact) mass is 385 g/mol. The molecular formula is C19H19N3O2S2. The topological polar surface area (TPSA) is 77.2 Å². The number of carbonyl (C=O) groups is 1. The fraction of sp³-hybridized carbons (Fsp3) is 0.158. The second-order valence-corrected chi connectivity index (χ2v) is 7.31. The van der Waals surface area contributed by atoms with Gasteiger partial charge in [-0.1, -0.05) is 6.07 Å². The number of thiazole rings is 1. The zero-order chi connectivity index (χ0) is 18.4. The summed E-state index contributed by atoms with van der Waals surface area (Å²) < 4.78 is 5.44. The van der Waals surface area contributed by atoms with Crippen molar-refractivity contribution in [3.63, 3.8) is 0 Å². The summed E-state index contributed by atoms with van der Waals surface area (Å²) in [6.07, 6.45) is 0. The third-order valence-corrected chi connectivity index (χ3v) is 5.19. The van der Waals surface area contributed by atoms with Crippen LogP contribution in [0.3, 0.4) is 0 Å². The summed E-state index contributed by atoms with van der Waals surface area (Å²) in [7, 11) is 0. The highest BCUT2D eigenvalue weighted by atomic mass is 32.2. The Bertz CT molecular complexity index is 879. The number of benzene rings is 2. The highest BCUT2D eigenvalue weighted by Gasteiger charge is 2.09. The zero-order valence-electron chi connectivity index (χ0n) is 14.3. The molecule has 0 saturated heterocycles. The van der Waals surface area contributed by atoms with Gasteiger partial charge >= 0.3 is 0 Å². The van der Waals surface area contributed by atoms with Gasteiger partial charge in [-0.05, 0) is 49.4 Å². The van der Waals surface area contributed by atoms with E-state index >= 15 is 0 Å². The number of aromatic nitrogens is 1. The maximum atomic E-state index is 12.1. The first kappa shape index (κ1) is 18.3. The van der Waals surface area contributed by atoms with Gasteiger partial charge in [0.15, 0.2) is 5.13 Å². The average molecular weight is 386 g/mol. The van der Waals surface area contributed by atoms with Crippen LogP contribution in [-0.4, -0.2) is 23.3 Å². The first-order chi connectivity index (χ1) is 12.6. The molecule has 3 aromatic rings. The van der Waals surface area contributed by atoms with Gasteiger partial charge in [-0.2, -0.15) is 0 Å². The van der Waals surface area contributed by atoms with Crippen molar-refractivity contribution < 1.29 is 9.53 Å². The Balaban J connectivity index is 1.56. The Hall–Kier alpha value is -2.51. The van der Waals surface area contributed by atoms with E-state index in [1.54, 1.807) is 0 Å². The summed E-state index contributed by atoms with van der Waals surface area (Å²) in [5.41, 5.74) is 8.25. The molecule has 0 spiro atoms. The quantitative estimate of drug-likeness (QED) is 0.462. The van der Waals surface area contributed by atoms with Crippen LogP contribution in [0, 0.1) is 0 Å². The molecule has 0 atom stereocenters. The van der Waals surface area contributed by atoms with Crippen molar-refractivity contribution >= 4 is 39.8 Å². The van der Waals surface area contributed by atoms with Crippen LogP contribution in [0.25, 0.3) is 11.3 Å². The SMILES string of the molecule is CCOc1ccc(-c2csc(NC(=O)CSc3cccc(N)c3)n2)cc1. The summed E-state index contributed by atoms with van der Waals surface area (Å²) in [5, 5.41) is 5.36. The average Bonchev–Trinajstić information content (AvgIpc) is 3.09. The smallest absolute Gasteiger partial charge is 0.236 e. The molecule has 0 radical (unpaired) electrons. The van der Waals surface area contributed by atoms with Crippen LogP contribution in [-0.2, 0) is 4.79 Å². The Kier molecular flexibility index (Phi) is 6.14. The summed E-state index contributed by atoms with van der Waals surface area (Å²) >= 11 is 2.85. The van der Waals surface area contributed by atoms with E-state index in [0.717, 1.165) is 21.9 Å². The van der Waals surface area contributed by atoms with Crippen LogP contribution in [0.5, 0.6) is 5.75 Å². The number of carbonyl (C=O) groups excluding carboxylic acids is 1. The molecule has 7 heteroatoms. The van der Waals surface area contributed by atoms with E-state index < -0.39 is 0 Å². The minimum absolute atomic E-state index is 0.0926. The Labute approximate surface area is 160 Å². The van der Waals surface area contributed by atoms with Gasteiger partial charge in [-0.3, -0.25) is 4.79 Å². The lowest BCUT2D eigenvalue weighted by Crippen LogP contribution is -2.13. The molecule has 1 amide bonds. The van der Waals surface area contributed by atoms with Gasteiger partial charge in [-0.15, -0.1) is 23.1 Å². The normalized spacial score (nSPS) is 10.5. The van der Waals surface area contributed by atoms with Gasteiger partial charge in [0.05, 0.1) is 18.1 Å². The maximum absolute atomic E-state index is 12.1. The lowest BCUT2D eigenvalue weighted by molar-refractivity contribution is -0.113. The van der Waals surface area contributed by atoms with Crippen molar-refractivity contribution in [1.29, 1.82) is 0 Å². The molecule has 3 rings (SSSR count).